The molecule has 0 saturated heterocycles. The zero-order valence-electron chi connectivity index (χ0n) is 23.6. The number of hydrogen-bond donors (Lipinski definition) is 0. The summed E-state index contributed by atoms with van der Waals surface area (Å²) in [5.41, 5.74) is 2.50. The molecule has 0 heterocycles. The maximum atomic E-state index is 12.6. The Morgan fingerprint density at radius 2 is 1.35 bits per heavy atom. The Morgan fingerprint density at radius 3 is 1.98 bits per heavy atom. The molecule has 0 bridgehead atoms. The fraction of sp³-hybridized carbons (Fsp3) is 0.353. The molecule has 3 aromatic rings. The number of hydrogen-bond acceptors (Lipinski definition) is 6. The van der Waals surface area contributed by atoms with Gasteiger partial charge in [-0.2, -0.15) is 0 Å². The van der Waals surface area contributed by atoms with E-state index in [9.17, 15) is 9.59 Å². The zero-order valence-corrected chi connectivity index (χ0v) is 23.6. The summed E-state index contributed by atoms with van der Waals surface area (Å²) in [4.78, 5) is 23.6. The van der Waals surface area contributed by atoms with E-state index in [2.05, 4.69) is 20.4 Å². The van der Waals surface area contributed by atoms with Crippen molar-refractivity contribution in [3.8, 4) is 28.4 Å². The summed E-state index contributed by atoms with van der Waals surface area (Å²) in [5.74, 6) is 1.19. The summed E-state index contributed by atoms with van der Waals surface area (Å²) in [5, 5.41) is 0. The fourth-order valence-corrected chi connectivity index (χ4v) is 4.07. The third kappa shape index (κ3) is 10.6. The van der Waals surface area contributed by atoms with Gasteiger partial charge in [0.1, 0.15) is 17.2 Å². The molecule has 0 N–H and O–H groups in total. The normalized spacial score (nSPS) is 11.3. The van der Waals surface area contributed by atoms with Gasteiger partial charge in [0, 0.05) is 6.08 Å². The molecule has 0 spiro atoms. The Bertz CT molecular complexity index is 1180. The smallest absolute Gasteiger partial charge is 0.343 e. The Hall–Kier alpha value is -4.06. The Balaban J connectivity index is 1.43. The lowest BCUT2D eigenvalue weighted by Gasteiger charge is -2.14. The minimum Gasteiger partial charge on any atom is -0.494 e. The number of esters is 2. The Kier molecular flexibility index (Phi) is 12.8. The molecule has 0 unspecified atom stereocenters. The van der Waals surface area contributed by atoms with Crippen molar-refractivity contribution in [1.29, 1.82) is 0 Å². The Labute approximate surface area is 237 Å². The van der Waals surface area contributed by atoms with Gasteiger partial charge < -0.3 is 18.9 Å². The molecule has 0 amide bonds. The van der Waals surface area contributed by atoms with Gasteiger partial charge >= 0.3 is 11.9 Å². The molecular weight excluding hydrogens is 504 g/mol. The summed E-state index contributed by atoms with van der Waals surface area (Å²) in [6, 6.07) is 22.3. The van der Waals surface area contributed by atoms with E-state index in [1.54, 1.807) is 24.3 Å². The lowest BCUT2D eigenvalue weighted by atomic mass is 10.1. The van der Waals surface area contributed by atoms with Crippen LogP contribution in [0.25, 0.3) is 11.1 Å². The third-order valence-electron chi connectivity index (χ3n) is 6.36. The van der Waals surface area contributed by atoms with E-state index in [0.717, 1.165) is 54.4 Å². The summed E-state index contributed by atoms with van der Waals surface area (Å²) < 4.78 is 22.2. The molecule has 0 aliphatic rings. The van der Waals surface area contributed by atoms with Crippen molar-refractivity contribution in [3.05, 3.63) is 91.0 Å². The van der Waals surface area contributed by atoms with Crippen LogP contribution < -0.4 is 14.2 Å². The van der Waals surface area contributed by atoms with E-state index >= 15 is 0 Å². The van der Waals surface area contributed by atoms with Crippen molar-refractivity contribution in [2.24, 2.45) is 0 Å². The standard InChI is InChI=1S/C34H40O6/c1-4-6-7-8-11-26(3)39-31-22-16-29(17-23-31)34(36)40-32-20-14-28(15-21-32)27-12-18-30(19-13-27)37-24-9-10-25-38-33(35)5-2/h5,12-23,26H,2,4,6-11,24-25H2,1,3H3/t26-/m0/s1. The number of carbonyl (C=O) groups excluding carboxylic acids is 2. The monoisotopic (exact) mass is 544 g/mol. The number of rotatable bonds is 17. The van der Waals surface area contributed by atoms with E-state index in [-0.39, 0.29) is 6.10 Å². The van der Waals surface area contributed by atoms with Gasteiger partial charge in [0.2, 0.25) is 0 Å². The zero-order chi connectivity index (χ0) is 28.6. The second-order valence-corrected chi connectivity index (χ2v) is 9.67. The topological polar surface area (TPSA) is 71.1 Å². The minimum atomic E-state index is -0.410. The highest BCUT2D eigenvalue weighted by Crippen LogP contribution is 2.25. The SMILES string of the molecule is C=CC(=O)OCCCCOc1ccc(-c2ccc(OC(=O)c3ccc(O[C@@H](C)CCCCCC)cc3)cc2)cc1. The first-order valence-electron chi connectivity index (χ1n) is 14.1. The molecule has 1 atom stereocenters. The molecule has 0 saturated carbocycles. The summed E-state index contributed by atoms with van der Waals surface area (Å²) >= 11 is 0. The number of ether oxygens (including phenoxy) is 4. The molecule has 0 fully saturated rings. The van der Waals surface area contributed by atoms with Crippen molar-refractivity contribution in [1.82, 2.24) is 0 Å². The molecule has 6 nitrogen and oxygen atoms in total. The molecule has 6 heteroatoms. The molecule has 3 rings (SSSR count). The van der Waals surface area contributed by atoms with Crippen LogP contribution in [0.3, 0.4) is 0 Å². The molecule has 0 aromatic heterocycles. The van der Waals surface area contributed by atoms with Gasteiger partial charge in [0.25, 0.3) is 0 Å². The maximum Gasteiger partial charge on any atom is 0.343 e. The number of unbranched alkanes of at least 4 members (excludes halogenated alkanes) is 4. The molecule has 0 radical (unpaired) electrons. The molecule has 40 heavy (non-hydrogen) atoms. The van der Waals surface area contributed by atoms with Crippen molar-refractivity contribution in [2.45, 2.75) is 64.9 Å². The highest BCUT2D eigenvalue weighted by molar-refractivity contribution is 5.91. The van der Waals surface area contributed by atoms with Gasteiger partial charge in [0.05, 0.1) is 24.9 Å². The Morgan fingerprint density at radius 1 is 0.750 bits per heavy atom. The molecule has 212 valence electrons. The van der Waals surface area contributed by atoms with Crippen LogP contribution in [0.4, 0.5) is 0 Å². The minimum absolute atomic E-state index is 0.143. The molecule has 0 aliphatic heterocycles. The average Bonchev–Trinajstić information content (AvgIpc) is 2.98. The van der Waals surface area contributed by atoms with E-state index in [0.29, 0.717) is 24.5 Å². The van der Waals surface area contributed by atoms with Gasteiger partial charge in [0.15, 0.2) is 0 Å². The lowest BCUT2D eigenvalue weighted by molar-refractivity contribution is -0.137. The lowest BCUT2D eigenvalue weighted by Crippen LogP contribution is -2.12. The number of carbonyl (C=O) groups is 2. The highest BCUT2D eigenvalue weighted by atomic mass is 16.5. The van der Waals surface area contributed by atoms with Crippen LogP contribution >= 0.6 is 0 Å². The predicted molar refractivity (Wildman–Crippen MR) is 158 cm³/mol. The largest absolute Gasteiger partial charge is 0.494 e. The maximum absolute atomic E-state index is 12.6. The van der Waals surface area contributed by atoms with Gasteiger partial charge in [-0.05, 0) is 92.3 Å². The van der Waals surface area contributed by atoms with Crippen molar-refractivity contribution in [2.75, 3.05) is 13.2 Å². The first kappa shape index (κ1) is 30.5. The second kappa shape index (κ2) is 16.8. The molecule has 0 aliphatic carbocycles. The van der Waals surface area contributed by atoms with Crippen LogP contribution in [0.15, 0.2) is 85.5 Å². The van der Waals surface area contributed by atoms with Crippen molar-refractivity contribution < 1.29 is 28.5 Å². The van der Waals surface area contributed by atoms with Crippen molar-refractivity contribution in [3.63, 3.8) is 0 Å². The van der Waals surface area contributed by atoms with Gasteiger partial charge in [-0.3, -0.25) is 0 Å². The molecular formula is C34H40O6. The van der Waals surface area contributed by atoms with Crippen molar-refractivity contribution >= 4 is 11.9 Å². The van der Waals surface area contributed by atoms with E-state index in [4.69, 9.17) is 18.9 Å². The quantitative estimate of drug-likeness (QED) is 0.0738. The van der Waals surface area contributed by atoms with Crippen LogP contribution in [0.1, 0.15) is 69.2 Å². The van der Waals surface area contributed by atoms with Gasteiger partial charge in [-0.15, -0.1) is 0 Å². The summed E-state index contributed by atoms with van der Waals surface area (Å²) in [6.45, 7) is 8.55. The number of benzene rings is 3. The van der Waals surface area contributed by atoms with Crippen LogP contribution in [-0.2, 0) is 9.53 Å². The van der Waals surface area contributed by atoms with Gasteiger partial charge in [-0.1, -0.05) is 57.0 Å². The van der Waals surface area contributed by atoms with E-state index in [1.807, 2.05) is 48.5 Å². The third-order valence-corrected chi connectivity index (χ3v) is 6.36. The summed E-state index contributed by atoms with van der Waals surface area (Å²) in [6.07, 6.45) is 8.72. The molecule has 3 aromatic carbocycles. The highest BCUT2D eigenvalue weighted by Gasteiger charge is 2.11. The first-order chi connectivity index (χ1) is 19.5. The fourth-order valence-electron chi connectivity index (χ4n) is 4.07. The van der Waals surface area contributed by atoms with E-state index in [1.165, 1.54) is 19.3 Å². The first-order valence-corrected chi connectivity index (χ1v) is 14.1. The van der Waals surface area contributed by atoms with Crippen LogP contribution in [0.2, 0.25) is 0 Å². The van der Waals surface area contributed by atoms with Crippen LogP contribution in [0.5, 0.6) is 17.2 Å². The summed E-state index contributed by atoms with van der Waals surface area (Å²) in [7, 11) is 0. The second-order valence-electron chi connectivity index (χ2n) is 9.67. The average molecular weight is 545 g/mol. The van der Waals surface area contributed by atoms with Crippen LogP contribution in [0, 0.1) is 0 Å². The van der Waals surface area contributed by atoms with E-state index < -0.39 is 11.9 Å². The predicted octanol–water partition coefficient (Wildman–Crippen LogP) is 8.20. The van der Waals surface area contributed by atoms with Crippen LogP contribution in [-0.4, -0.2) is 31.3 Å². The van der Waals surface area contributed by atoms with Gasteiger partial charge in [-0.25, -0.2) is 9.59 Å².